The number of nitrogens with one attached hydrogen (secondary N) is 1. The van der Waals surface area contributed by atoms with Crippen molar-refractivity contribution < 1.29 is 4.79 Å². The molecule has 1 N–H and O–H groups in total. The molecule has 2 saturated heterocycles. The molecule has 0 bridgehead atoms. The summed E-state index contributed by atoms with van der Waals surface area (Å²) in [7, 11) is 1.96. The smallest absolute Gasteiger partial charge is 0.226 e. The highest BCUT2D eigenvalue weighted by molar-refractivity contribution is 7.99. The van der Waals surface area contributed by atoms with Crippen LogP contribution in [0.25, 0.3) is 0 Å². The summed E-state index contributed by atoms with van der Waals surface area (Å²) in [6.07, 6.45) is 3.44. The summed E-state index contributed by atoms with van der Waals surface area (Å²) in [6, 6.07) is 0.452. The van der Waals surface area contributed by atoms with E-state index in [1.807, 2.05) is 18.8 Å². The number of carbonyl (C=O) groups is 1. The quantitative estimate of drug-likeness (QED) is 0.780. The molecule has 2 aliphatic heterocycles. The van der Waals surface area contributed by atoms with Gasteiger partial charge in [0.1, 0.15) is 0 Å². The molecular weight excluding hydrogens is 208 g/mol. The number of likely N-dealkylation sites (N-methyl/N-ethyl adjacent to an activating group) is 1. The molecule has 0 aliphatic carbocycles. The van der Waals surface area contributed by atoms with Crippen LogP contribution in [0, 0.1) is 5.92 Å². The minimum absolute atomic E-state index is 0.312. The molecule has 0 saturated carbocycles. The van der Waals surface area contributed by atoms with Crippen LogP contribution in [0.15, 0.2) is 0 Å². The number of thioether (sulfide) groups is 1. The number of carbonyl (C=O) groups excluding carboxylic acids is 1. The first-order valence-corrected chi connectivity index (χ1v) is 7.01. The second kappa shape index (κ2) is 5.21. The summed E-state index contributed by atoms with van der Waals surface area (Å²) in [5.41, 5.74) is 0. The molecule has 86 valence electrons. The SMILES string of the molecule is CNCC1CCCN1C(=O)C1CCSC1. The Balaban J connectivity index is 1.92. The molecule has 2 atom stereocenters. The molecule has 0 radical (unpaired) electrons. The zero-order chi connectivity index (χ0) is 10.7. The second-order valence-corrected chi connectivity index (χ2v) is 5.60. The third-order valence-electron chi connectivity index (χ3n) is 3.38. The largest absolute Gasteiger partial charge is 0.338 e. The van der Waals surface area contributed by atoms with Crippen LogP contribution in [0.1, 0.15) is 19.3 Å². The normalized spacial score (nSPS) is 31.1. The van der Waals surface area contributed by atoms with E-state index in [4.69, 9.17) is 0 Å². The molecule has 2 unspecified atom stereocenters. The number of amides is 1. The maximum absolute atomic E-state index is 12.2. The van der Waals surface area contributed by atoms with Crippen LogP contribution in [0.4, 0.5) is 0 Å². The van der Waals surface area contributed by atoms with Crippen molar-refractivity contribution in [2.45, 2.75) is 25.3 Å². The molecule has 0 aromatic carbocycles. The Morgan fingerprint density at radius 1 is 1.53 bits per heavy atom. The summed E-state index contributed by atoms with van der Waals surface area (Å²) in [5.74, 6) is 2.94. The number of rotatable bonds is 3. The van der Waals surface area contributed by atoms with Crippen molar-refractivity contribution in [3.8, 4) is 0 Å². The Morgan fingerprint density at radius 2 is 2.40 bits per heavy atom. The van der Waals surface area contributed by atoms with Crippen LogP contribution in [0.2, 0.25) is 0 Å². The summed E-state index contributed by atoms with van der Waals surface area (Å²) in [5, 5.41) is 3.19. The van der Waals surface area contributed by atoms with E-state index in [2.05, 4.69) is 10.2 Å². The third kappa shape index (κ3) is 2.48. The Morgan fingerprint density at radius 3 is 3.07 bits per heavy atom. The Kier molecular flexibility index (Phi) is 3.92. The number of nitrogens with zero attached hydrogens (tertiary/aromatic N) is 1. The zero-order valence-corrected chi connectivity index (χ0v) is 10.2. The van der Waals surface area contributed by atoms with Crippen LogP contribution < -0.4 is 5.32 Å². The molecule has 2 fully saturated rings. The Labute approximate surface area is 96.0 Å². The van der Waals surface area contributed by atoms with Crippen LogP contribution in [-0.2, 0) is 4.79 Å². The molecule has 1 amide bonds. The lowest BCUT2D eigenvalue weighted by atomic mass is 10.1. The van der Waals surface area contributed by atoms with Crippen molar-refractivity contribution in [3.63, 3.8) is 0 Å². The summed E-state index contributed by atoms with van der Waals surface area (Å²) < 4.78 is 0. The first-order chi connectivity index (χ1) is 7.33. The van der Waals surface area contributed by atoms with Crippen molar-refractivity contribution in [1.29, 1.82) is 0 Å². The Bertz CT molecular complexity index is 229. The fourth-order valence-corrected chi connectivity index (χ4v) is 3.75. The first kappa shape index (κ1) is 11.3. The van der Waals surface area contributed by atoms with E-state index < -0.39 is 0 Å². The lowest BCUT2D eigenvalue weighted by Gasteiger charge is -2.27. The fraction of sp³-hybridized carbons (Fsp3) is 0.909. The van der Waals surface area contributed by atoms with E-state index in [0.717, 1.165) is 25.3 Å². The minimum Gasteiger partial charge on any atom is -0.338 e. The topological polar surface area (TPSA) is 32.3 Å². The molecule has 2 rings (SSSR count). The summed E-state index contributed by atoms with van der Waals surface area (Å²) in [4.78, 5) is 14.3. The molecule has 0 aromatic rings. The summed E-state index contributed by atoms with van der Waals surface area (Å²) in [6.45, 7) is 1.93. The molecule has 0 aromatic heterocycles. The van der Waals surface area contributed by atoms with Gasteiger partial charge >= 0.3 is 0 Å². The van der Waals surface area contributed by atoms with Gasteiger partial charge in [-0.15, -0.1) is 0 Å². The van der Waals surface area contributed by atoms with Gasteiger partial charge in [0, 0.05) is 30.8 Å². The maximum atomic E-state index is 12.2. The van der Waals surface area contributed by atoms with E-state index in [0.29, 0.717) is 17.9 Å². The highest BCUT2D eigenvalue weighted by atomic mass is 32.2. The molecule has 4 heteroatoms. The van der Waals surface area contributed by atoms with Gasteiger partial charge in [0.2, 0.25) is 5.91 Å². The standard InChI is InChI=1S/C11H20N2OS/c1-12-7-10-3-2-5-13(10)11(14)9-4-6-15-8-9/h9-10,12H,2-8H2,1H3. The lowest BCUT2D eigenvalue weighted by molar-refractivity contribution is -0.135. The van der Waals surface area contributed by atoms with Gasteiger partial charge < -0.3 is 10.2 Å². The van der Waals surface area contributed by atoms with Gasteiger partial charge in [0.15, 0.2) is 0 Å². The van der Waals surface area contributed by atoms with Gasteiger partial charge in [0.25, 0.3) is 0 Å². The molecule has 15 heavy (non-hydrogen) atoms. The van der Waals surface area contributed by atoms with E-state index in [1.54, 1.807) is 0 Å². The van der Waals surface area contributed by atoms with Crippen LogP contribution in [0.3, 0.4) is 0 Å². The lowest BCUT2D eigenvalue weighted by Crippen LogP contribution is -2.43. The van der Waals surface area contributed by atoms with Gasteiger partial charge in [-0.3, -0.25) is 4.79 Å². The van der Waals surface area contributed by atoms with Crippen molar-refractivity contribution in [2.75, 3.05) is 31.6 Å². The highest BCUT2D eigenvalue weighted by Crippen LogP contribution is 2.28. The maximum Gasteiger partial charge on any atom is 0.226 e. The van der Waals surface area contributed by atoms with Crippen molar-refractivity contribution in [2.24, 2.45) is 5.92 Å². The van der Waals surface area contributed by atoms with Gasteiger partial charge in [0.05, 0.1) is 0 Å². The zero-order valence-electron chi connectivity index (χ0n) is 9.37. The average molecular weight is 228 g/mol. The minimum atomic E-state index is 0.312. The van der Waals surface area contributed by atoms with Gasteiger partial charge in [-0.1, -0.05) is 0 Å². The number of likely N-dealkylation sites (tertiary alicyclic amines) is 1. The van der Waals surface area contributed by atoms with Gasteiger partial charge in [-0.05, 0) is 32.1 Å². The molecular formula is C11H20N2OS. The van der Waals surface area contributed by atoms with Crippen LogP contribution >= 0.6 is 11.8 Å². The summed E-state index contributed by atoms with van der Waals surface area (Å²) >= 11 is 1.92. The van der Waals surface area contributed by atoms with Crippen LogP contribution in [-0.4, -0.2) is 48.5 Å². The molecule has 2 aliphatic rings. The van der Waals surface area contributed by atoms with Crippen LogP contribution in [0.5, 0.6) is 0 Å². The Hall–Kier alpha value is -0.220. The molecule has 3 nitrogen and oxygen atoms in total. The predicted octanol–water partition coefficient (Wildman–Crippen LogP) is 0.950. The van der Waals surface area contributed by atoms with Crippen molar-refractivity contribution >= 4 is 17.7 Å². The third-order valence-corrected chi connectivity index (χ3v) is 4.54. The highest BCUT2D eigenvalue weighted by Gasteiger charge is 2.33. The van der Waals surface area contributed by atoms with E-state index in [1.165, 1.54) is 18.6 Å². The average Bonchev–Trinajstić information content (AvgIpc) is 2.87. The van der Waals surface area contributed by atoms with E-state index >= 15 is 0 Å². The fourth-order valence-electron chi connectivity index (χ4n) is 2.54. The van der Waals surface area contributed by atoms with E-state index in [-0.39, 0.29) is 0 Å². The number of hydrogen-bond donors (Lipinski definition) is 1. The van der Waals surface area contributed by atoms with E-state index in [9.17, 15) is 4.79 Å². The van der Waals surface area contributed by atoms with Crippen molar-refractivity contribution in [3.05, 3.63) is 0 Å². The predicted molar refractivity (Wildman–Crippen MR) is 64.1 cm³/mol. The molecule has 2 heterocycles. The monoisotopic (exact) mass is 228 g/mol. The number of hydrogen-bond acceptors (Lipinski definition) is 3. The van der Waals surface area contributed by atoms with Crippen molar-refractivity contribution in [1.82, 2.24) is 10.2 Å². The first-order valence-electron chi connectivity index (χ1n) is 5.85. The van der Waals surface area contributed by atoms with Gasteiger partial charge in [-0.2, -0.15) is 11.8 Å². The van der Waals surface area contributed by atoms with Gasteiger partial charge in [-0.25, -0.2) is 0 Å². The second-order valence-electron chi connectivity index (χ2n) is 4.45. The molecule has 0 spiro atoms.